The first kappa shape index (κ1) is 16.7. The Bertz CT molecular complexity index is 826. The standard InChI is InChI=1S/C20H23N3S/c1-22(2)16-7-5-15(6-8-16)14-24-20-11-12-21-19-13-17(23(3)4)9-10-18(19)20/h5-13H,14H2,1-4H3. The Labute approximate surface area is 148 Å². The van der Waals surface area contributed by atoms with Gasteiger partial charge in [0.15, 0.2) is 0 Å². The van der Waals surface area contributed by atoms with Crippen molar-refractivity contribution < 1.29 is 0 Å². The number of hydrogen-bond donors (Lipinski definition) is 0. The van der Waals surface area contributed by atoms with E-state index in [-0.39, 0.29) is 0 Å². The van der Waals surface area contributed by atoms with E-state index in [0.29, 0.717) is 0 Å². The predicted octanol–water partition coefficient (Wildman–Crippen LogP) is 4.66. The third-order valence-electron chi connectivity index (χ3n) is 4.05. The number of pyridine rings is 1. The molecule has 0 unspecified atom stereocenters. The van der Waals surface area contributed by atoms with Crippen LogP contribution in [-0.2, 0) is 5.75 Å². The SMILES string of the molecule is CN(C)c1ccc(CSc2ccnc3cc(N(C)C)ccc23)cc1. The Balaban J connectivity index is 1.80. The van der Waals surface area contributed by atoms with Crippen LogP contribution in [0.25, 0.3) is 10.9 Å². The van der Waals surface area contributed by atoms with Crippen molar-refractivity contribution in [1.82, 2.24) is 4.98 Å². The number of fused-ring (bicyclic) bond motifs is 1. The molecule has 0 aliphatic carbocycles. The maximum absolute atomic E-state index is 4.53. The summed E-state index contributed by atoms with van der Waals surface area (Å²) in [6.07, 6.45) is 1.90. The summed E-state index contributed by atoms with van der Waals surface area (Å²) < 4.78 is 0. The van der Waals surface area contributed by atoms with Crippen LogP contribution in [0.1, 0.15) is 5.56 Å². The molecule has 4 heteroatoms. The van der Waals surface area contributed by atoms with Gasteiger partial charge >= 0.3 is 0 Å². The molecule has 0 spiro atoms. The molecule has 0 fully saturated rings. The summed E-state index contributed by atoms with van der Waals surface area (Å²) in [5, 5.41) is 1.22. The molecule has 0 atom stereocenters. The molecule has 0 radical (unpaired) electrons. The molecule has 3 aromatic rings. The molecule has 0 aliphatic rings. The second-order valence-electron chi connectivity index (χ2n) is 6.25. The summed E-state index contributed by atoms with van der Waals surface area (Å²) in [7, 11) is 8.23. The van der Waals surface area contributed by atoms with Crippen LogP contribution in [0, 0.1) is 0 Å². The molecule has 0 amide bonds. The van der Waals surface area contributed by atoms with Gasteiger partial charge in [-0.2, -0.15) is 0 Å². The van der Waals surface area contributed by atoms with E-state index in [2.05, 4.69) is 91.5 Å². The van der Waals surface area contributed by atoms with Gasteiger partial charge in [0.05, 0.1) is 5.52 Å². The van der Waals surface area contributed by atoms with Crippen LogP contribution in [-0.4, -0.2) is 33.2 Å². The fourth-order valence-electron chi connectivity index (χ4n) is 2.57. The first-order chi connectivity index (χ1) is 11.5. The molecule has 0 aliphatic heterocycles. The quantitative estimate of drug-likeness (QED) is 0.630. The zero-order chi connectivity index (χ0) is 17.1. The molecule has 124 valence electrons. The average molecular weight is 337 g/mol. The monoisotopic (exact) mass is 337 g/mol. The Morgan fingerprint density at radius 2 is 1.50 bits per heavy atom. The van der Waals surface area contributed by atoms with E-state index < -0.39 is 0 Å². The van der Waals surface area contributed by atoms with Crippen molar-refractivity contribution in [2.24, 2.45) is 0 Å². The van der Waals surface area contributed by atoms with Gasteiger partial charge in [-0.3, -0.25) is 4.98 Å². The molecule has 0 bridgehead atoms. The molecule has 0 saturated carbocycles. The highest BCUT2D eigenvalue weighted by Crippen LogP contribution is 2.31. The van der Waals surface area contributed by atoms with Gasteiger partial charge in [-0.05, 0) is 42.0 Å². The normalized spacial score (nSPS) is 10.8. The van der Waals surface area contributed by atoms with Crippen LogP contribution in [0.15, 0.2) is 59.6 Å². The topological polar surface area (TPSA) is 19.4 Å². The highest BCUT2D eigenvalue weighted by Gasteiger charge is 2.06. The smallest absolute Gasteiger partial charge is 0.0733 e. The fourth-order valence-corrected chi connectivity index (χ4v) is 3.57. The van der Waals surface area contributed by atoms with Crippen molar-refractivity contribution in [3.63, 3.8) is 0 Å². The van der Waals surface area contributed by atoms with Gasteiger partial charge < -0.3 is 9.80 Å². The number of hydrogen-bond acceptors (Lipinski definition) is 4. The lowest BCUT2D eigenvalue weighted by Crippen LogP contribution is -2.08. The van der Waals surface area contributed by atoms with Gasteiger partial charge in [0.2, 0.25) is 0 Å². The van der Waals surface area contributed by atoms with Crippen molar-refractivity contribution in [3.8, 4) is 0 Å². The highest BCUT2D eigenvalue weighted by atomic mass is 32.2. The van der Waals surface area contributed by atoms with Crippen LogP contribution in [0.4, 0.5) is 11.4 Å². The number of thioether (sulfide) groups is 1. The summed E-state index contributed by atoms with van der Waals surface area (Å²) >= 11 is 1.86. The van der Waals surface area contributed by atoms with E-state index in [4.69, 9.17) is 0 Å². The highest BCUT2D eigenvalue weighted by molar-refractivity contribution is 7.98. The summed E-state index contributed by atoms with van der Waals surface area (Å²) in [5.41, 5.74) is 4.79. The molecule has 1 aromatic heterocycles. The third kappa shape index (κ3) is 3.65. The van der Waals surface area contributed by atoms with Crippen LogP contribution >= 0.6 is 11.8 Å². The molecular weight excluding hydrogens is 314 g/mol. The minimum absolute atomic E-state index is 0.961. The van der Waals surface area contributed by atoms with Crippen molar-refractivity contribution in [2.75, 3.05) is 38.0 Å². The van der Waals surface area contributed by atoms with Gasteiger partial charge in [-0.1, -0.05) is 12.1 Å². The van der Waals surface area contributed by atoms with Gasteiger partial charge in [0.25, 0.3) is 0 Å². The maximum Gasteiger partial charge on any atom is 0.0733 e. The zero-order valence-corrected chi connectivity index (χ0v) is 15.5. The molecule has 24 heavy (non-hydrogen) atoms. The van der Waals surface area contributed by atoms with Gasteiger partial charge in [-0.25, -0.2) is 0 Å². The lowest BCUT2D eigenvalue weighted by Gasteiger charge is -2.14. The van der Waals surface area contributed by atoms with Crippen molar-refractivity contribution >= 4 is 34.0 Å². The first-order valence-electron chi connectivity index (χ1n) is 8.00. The largest absolute Gasteiger partial charge is 0.378 e. The first-order valence-corrected chi connectivity index (χ1v) is 8.98. The van der Waals surface area contributed by atoms with Gasteiger partial charge in [-0.15, -0.1) is 11.8 Å². The number of anilines is 2. The Kier molecular flexibility index (Phi) is 4.95. The molecule has 3 rings (SSSR count). The fraction of sp³-hybridized carbons (Fsp3) is 0.250. The molecular formula is C20H23N3S. The summed E-state index contributed by atoms with van der Waals surface area (Å²) in [5.74, 6) is 0.961. The predicted molar refractivity (Wildman–Crippen MR) is 106 cm³/mol. The van der Waals surface area contributed by atoms with E-state index in [9.17, 15) is 0 Å². The van der Waals surface area contributed by atoms with E-state index >= 15 is 0 Å². The van der Waals surface area contributed by atoms with Crippen molar-refractivity contribution in [3.05, 3.63) is 60.3 Å². The summed E-state index contributed by atoms with van der Waals surface area (Å²) in [6.45, 7) is 0. The Hall–Kier alpha value is -2.20. The average Bonchev–Trinajstić information content (AvgIpc) is 2.59. The van der Waals surface area contributed by atoms with Crippen LogP contribution in [0.3, 0.4) is 0 Å². The van der Waals surface area contributed by atoms with E-state index in [0.717, 1.165) is 11.3 Å². The molecule has 2 aromatic carbocycles. The van der Waals surface area contributed by atoms with Gasteiger partial charge in [0.1, 0.15) is 0 Å². The van der Waals surface area contributed by atoms with Crippen LogP contribution in [0.2, 0.25) is 0 Å². The maximum atomic E-state index is 4.53. The van der Waals surface area contributed by atoms with E-state index in [1.807, 2.05) is 18.0 Å². The zero-order valence-electron chi connectivity index (χ0n) is 14.7. The molecule has 1 heterocycles. The van der Waals surface area contributed by atoms with Crippen molar-refractivity contribution in [2.45, 2.75) is 10.6 Å². The lowest BCUT2D eigenvalue weighted by atomic mass is 10.2. The number of rotatable bonds is 5. The minimum atomic E-state index is 0.961. The number of aromatic nitrogens is 1. The molecule has 0 N–H and O–H groups in total. The second kappa shape index (κ2) is 7.14. The number of benzene rings is 2. The van der Waals surface area contributed by atoms with Crippen LogP contribution < -0.4 is 9.80 Å². The third-order valence-corrected chi connectivity index (χ3v) is 5.19. The van der Waals surface area contributed by atoms with Crippen LogP contribution in [0.5, 0.6) is 0 Å². The second-order valence-corrected chi connectivity index (χ2v) is 7.27. The minimum Gasteiger partial charge on any atom is -0.378 e. The summed E-state index contributed by atoms with van der Waals surface area (Å²) in [4.78, 5) is 10.0. The van der Waals surface area contributed by atoms with E-state index in [1.54, 1.807) is 0 Å². The lowest BCUT2D eigenvalue weighted by molar-refractivity contribution is 1.13. The Morgan fingerprint density at radius 1 is 0.833 bits per heavy atom. The Morgan fingerprint density at radius 3 is 2.17 bits per heavy atom. The number of nitrogens with zero attached hydrogens (tertiary/aromatic N) is 3. The molecule has 3 nitrogen and oxygen atoms in total. The van der Waals surface area contributed by atoms with Crippen molar-refractivity contribution in [1.29, 1.82) is 0 Å². The summed E-state index contributed by atoms with van der Waals surface area (Å²) in [6, 6.07) is 17.3. The molecule has 0 saturated heterocycles. The van der Waals surface area contributed by atoms with E-state index in [1.165, 1.54) is 27.2 Å². The van der Waals surface area contributed by atoms with Gasteiger partial charge in [0, 0.05) is 61.8 Å².